The van der Waals surface area contributed by atoms with Crippen LogP contribution in [0, 0.1) is 23.7 Å². The number of nitrogens with one attached hydrogen (secondary N) is 2. The first kappa shape index (κ1) is 45.1. The Kier molecular flexibility index (Phi) is 18.7. The molecular formula is C39H67N5O8. The summed E-state index contributed by atoms with van der Waals surface area (Å²) in [6.45, 7) is 14.1. The number of benzene rings is 1. The van der Waals surface area contributed by atoms with Gasteiger partial charge < -0.3 is 29.9 Å². The van der Waals surface area contributed by atoms with Gasteiger partial charge in [0, 0.05) is 34.2 Å². The summed E-state index contributed by atoms with van der Waals surface area (Å²) in [5.41, 5.74) is 0.884. The average molecular weight is 734 g/mol. The van der Waals surface area contributed by atoms with E-state index in [0.29, 0.717) is 13.0 Å². The van der Waals surface area contributed by atoms with Crippen molar-refractivity contribution < 1.29 is 38.8 Å². The highest BCUT2D eigenvalue weighted by Crippen LogP contribution is 2.30. The Hall–Kier alpha value is -3.10. The van der Waals surface area contributed by atoms with Crippen LogP contribution in [0.15, 0.2) is 30.3 Å². The van der Waals surface area contributed by atoms with Gasteiger partial charge in [0.1, 0.15) is 6.04 Å². The molecule has 0 bridgehead atoms. The molecule has 13 heteroatoms. The molecule has 1 aliphatic heterocycles. The molecule has 0 aromatic heterocycles. The molecule has 1 aromatic carbocycles. The van der Waals surface area contributed by atoms with Gasteiger partial charge >= 0.3 is 0 Å². The van der Waals surface area contributed by atoms with E-state index in [2.05, 4.69) is 15.5 Å². The van der Waals surface area contributed by atoms with Gasteiger partial charge in [-0.15, -0.1) is 0 Å². The van der Waals surface area contributed by atoms with Crippen molar-refractivity contribution in [3.63, 3.8) is 0 Å². The van der Waals surface area contributed by atoms with Crippen LogP contribution in [0.5, 0.6) is 0 Å². The summed E-state index contributed by atoms with van der Waals surface area (Å²) in [4.78, 5) is 65.0. The molecule has 1 fully saturated rings. The van der Waals surface area contributed by atoms with E-state index in [1.54, 1.807) is 30.9 Å². The van der Waals surface area contributed by atoms with Crippen LogP contribution in [0.3, 0.4) is 0 Å². The number of nitrogens with zero attached hydrogens (tertiary/aromatic N) is 3. The number of hydrogen-bond acceptors (Lipinski definition) is 9. The number of rotatable bonds is 21. The van der Waals surface area contributed by atoms with Crippen LogP contribution in [0.2, 0.25) is 0 Å². The highest BCUT2D eigenvalue weighted by Gasteiger charge is 2.43. The van der Waals surface area contributed by atoms with Crippen molar-refractivity contribution >= 4 is 23.6 Å². The van der Waals surface area contributed by atoms with E-state index in [1.807, 2.05) is 90.9 Å². The number of carbonyl (C=O) groups excluding carboxylic acids is 4. The zero-order chi connectivity index (χ0) is 39.3. The van der Waals surface area contributed by atoms with E-state index in [1.165, 1.54) is 7.11 Å². The van der Waals surface area contributed by atoms with Gasteiger partial charge in [0.05, 0.1) is 42.7 Å². The second-order valence-corrected chi connectivity index (χ2v) is 15.3. The average Bonchev–Trinajstić information content (AvgIpc) is 3.59. The number of ether oxygens (including phenoxy) is 2. The zero-order valence-electron chi connectivity index (χ0n) is 33.6. The molecule has 1 aromatic rings. The smallest absolute Gasteiger partial charge is 0.245 e. The summed E-state index contributed by atoms with van der Waals surface area (Å²) in [5, 5.41) is 15.3. The molecule has 0 aliphatic carbocycles. The van der Waals surface area contributed by atoms with E-state index < -0.39 is 42.5 Å². The van der Waals surface area contributed by atoms with Gasteiger partial charge in [-0.3, -0.25) is 24.1 Å². The Balaban J connectivity index is 2.25. The lowest BCUT2D eigenvalue weighted by molar-refractivity contribution is -0.284. The van der Waals surface area contributed by atoms with Crippen molar-refractivity contribution in [1.82, 2.24) is 25.3 Å². The number of methoxy groups -OCH3 is 2. The van der Waals surface area contributed by atoms with Gasteiger partial charge in [-0.05, 0) is 50.3 Å². The first-order valence-electron chi connectivity index (χ1n) is 18.8. The molecule has 9 atom stereocenters. The van der Waals surface area contributed by atoms with Crippen LogP contribution < -0.4 is 10.6 Å². The zero-order valence-corrected chi connectivity index (χ0v) is 33.6. The Labute approximate surface area is 312 Å². The molecule has 1 aliphatic rings. The number of likely N-dealkylation sites (tertiary alicyclic amines) is 1. The van der Waals surface area contributed by atoms with Crippen molar-refractivity contribution in [2.45, 2.75) is 123 Å². The van der Waals surface area contributed by atoms with Crippen LogP contribution in [0.1, 0.15) is 79.7 Å². The van der Waals surface area contributed by atoms with Crippen LogP contribution in [-0.2, 0) is 40.0 Å². The third-order valence-electron chi connectivity index (χ3n) is 10.6. The maximum atomic E-state index is 14.2. The van der Waals surface area contributed by atoms with E-state index >= 15 is 0 Å². The topological polar surface area (TPSA) is 150 Å². The molecule has 13 nitrogen and oxygen atoms in total. The van der Waals surface area contributed by atoms with Crippen molar-refractivity contribution in [3.8, 4) is 0 Å². The summed E-state index contributed by atoms with van der Waals surface area (Å²) < 4.78 is 11.9. The normalized spacial score (nSPS) is 19.5. The lowest BCUT2D eigenvalue weighted by Gasteiger charge is -2.41. The third kappa shape index (κ3) is 12.0. The van der Waals surface area contributed by atoms with Gasteiger partial charge in [-0.1, -0.05) is 85.2 Å². The standard InChI is InChI=1S/C39H67N5O8/c1-13-26(6)35(43(10)39(48)33(24(2)3)41-38(47)34(25(4)5)42(8)9)30(50-11)23-32(45)44-21-17-20-29(44)36(51-12)27(7)37(46)40-31(52-49)22-28-18-15-14-16-19-28/h14-16,18-19,24-27,29-31,33-36,49H,13,17,20-23H2,1-12H3,(H,40,46)(H,41,47)/t26-,27+,29-,30+,31+,33-,34-,35-,36+/m0/s1. The maximum Gasteiger partial charge on any atom is 0.245 e. The molecule has 2 rings (SSSR count). The molecule has 0 spiro atoms. The molecule has 4 amide bonds. The largest absolute Gasteiger partial charge is 0.379 e. The van der Waals surface area contributed by atoms with Crippen LogP contribution in [-0.4, -0.2) is 128 Å². The van der Waals surface area contributed by atoms with Gasteiger partial charge in [0.15, 0.2) is 6.23 Å². The fraction of sp³-hybridized carbons (Fsp3) is 0.744. The maximum absolute atomic E-state index is 14.2. The van der Waals surface area contributed by atoms with Gasteiger partial charge in [-0.25, -0.2) is 10.1 Å². The third-order valence-corrected chi connectivity index (χ3v) is 10.6. The second-order valence-electron chi connectivity index (χ2n) is 15.3. The van der Waals surface area contributed by atoms with E-state index in [4.69, 9.17) is 9.47 Å². The van der Waals surface area contributed by atoms with Gasteiger partial charge in [-0.2, -0.15) is 0 Å². The van der Waals surface area contributed by atoms with Crippen LogP contribution >= 0.6 is 0 Å². The van der Waals surface area contributed by atoms with Crippen molar-refractivity contribution in [2.24, 2.45) is 23.7 Å². The van der Waals surface area contributed by atoms with Crippen LogP contribution in [0.4, 0.5) is 0 Å². The predicted octanol–water partition coefficient (Wildman–Crippen LogP) is 3.81. The van der Waals surface area contributed by atoms with Crippen LogP contribution in [0.25, 0.3) is 0 Å². The van der Waals surface area contributed by atoms with E-state index in [-0.39, 0.29) is 60.3 Å². The van der Waals surface area contributed by atoms with Gasteiger partial charge in [0.2, 0.25) is 23.6 Å². The molecule has 0 saturated carbocycles. The van der Waals surface area contributed by atoms with E-state index in [9.17, 15) is 24.4 Å². The molecule has 0 unspecified atom stereocenters. The number of amides is 4. The minimum absolute atomic E-state index is 0.0168. The Morgan fingerprint density at radius 1 is 0.923 bits per heavy atom. The van der Waals surface area contributed by atoms with E-state index in [0.717, 1.165) is 18.4 Å². The molecule has 0 radical (unpaired) electrons. The summed E-state index contributed by atoms with van der Waals surface area (Å²) in [6, 6.07) is 7.39. The first-order chi connectivity index (χ1) is 24.5. The minimum atomic E-state index is -0.955. The fourth-order valence-corrected chi connectivity index (χ4v) is 7.64. The predicted molar refractivity (Wildman–Crippen MR) is 201 cm³/mol. The monoisotopic (exact) mass is 733 g/mol. The lowest BCUT2D eigenvalue weighted by Crippen LogP contribution is -2.59. The summed E-state index contributed by atoms with van der Waals surface area (Å²) in [7, 11) is 8.52. The molecule has 3 N–H and O–H groups in total. The first-order valence-corrected chi connectivity index (χ1v) is 18.8. The number of likely N-dealkylation sites (N-methyl/N-ethyl adjacent to an activating group) is 2. The minimum Gasteiger partial charge on any atom is -0.379 e. The molecular weight excluding hydrogens is 666 g/mol. The molecule has 1 heterocycles. The fourth-order valence-electron chi connectivity index (χ4n) is 7.64. The second kappa shape index (κ2) is 21.6. The molecule has 296 valence electrons. The Morgan fingerprint density at radius 2 is 1.56 bits per heavy atom. The summed E-state index contributed by atoms with van der Waals surface area (Å²) >= 11 is 0. The SMILES string of the molecule is CC[C@H](C)[C@@H]([C@@H](CC(=O)N1CCC[C@H]1[C@H](OC)[C@@H](C)C(=O)N[C@@H](Cc1ccccc1)OO)OC)N(C)C(=O)[C@@H](NC(=O)[C@H](C(C)C)N(C)C)C(C)C. The highest BCUT2D eigenvalue weighted by molar-refractivity contribution is 5.90. The Bertz CT molecular complexity index is 1260. The van der Waals surface area contributed by atoms with Crippen molar-refractivity contribution in [2.75, 3.05) is 41.9 Å². The Morgan fingerprint density at radius 3 is 2.06 bits per heavy atom. The molecule has 52 heavy (non-hydrogen) atoms. The quantitative estimate of drug-likeness (QED) is 0.0975. The summed E-state index contributed by atoms with van der Waals surface area (Å²) in [6.07, 6.45) is 0.208. The van der Waals surface area contributed by atoms with Crippen molar-refractivity contribution in [3.05, 3.63) is 35.9 Å². The highest BCUT2D eigenvalue weighted by atomic mass is 17.1. The number of hydrogen-bond donors (Lipinski definition) is 3. The lowest BCUT2D eigenvalue weighted by atomic mass is 9.89. The van der Waals surface area contributed by atoms with Crippen molar-refractivity contribution in [1.29, 1.82) is 0 Å². The number of carbonyl (C=O) groups is 4. The summed E-state index contributed by atoms with van der Waals surface area (Å²) in [5.74, 6) is -1.79. The molecule has 1 saturated heterocycles. The van der Waals surface area contributed by atoms with Gasteiger partial charge in [0.25, 0.3) is 0 Å².